The van der Waals surface area contributed by atoms with E-state index in [4.69, 9.17) is 4.74 Å². The number of carbonyl (C=O) groups is 4. The zero-order valence-corrected chi connectivity index (χ0v) is 16.6. The minimum atomic E-state index is -1.33. The highest BCUT2D eigenvalue weighted by Gasteiger charge is 2.32. The molecule has 0 aliphatic heterocycles. The van der Waals surface area contributed by atoms with Crippen molar-refractivity contribution in [2.75, 3.05) is 5.32 Å². The lowest BCUT2D eigenvalue weighted by Crippen LogP contribution is -2.31. The van der Waals surface area contributed by atoms with E-state index < -0.39 is 35.4 Å². The third-order valence-corrected chi connectivity index (χ3v) is 5.02. The van der Waals surface area contributed by atoms with Crippen LogP contribution in [-0.2, 0) is 9.53 Å². The van der Waals surface area contributed by atoms with E-state index in [1.807, 2.05) is 0 Å². The predicted molar refractivity (Wildman–Crippen MR) is 110 cm³/mol. The summed E-state index contributed by atoms with van der Waals surface area (Å²) in [5.41, 5.74) is 0.530. The van der Waals surface area contributed by atoms with Crippen molar-refractivity contribution in [3.05, 3.63) is 100 Å². The SMILES string of the molecule is CC(OC(=O)c1ccc(F)c(F)c1)C(=O)Nc1cccc2c1C(=O)c1ccccc1C2=O. The monoisotopic (exact) mass is 435 g/mol. The van der Waals surface area contributed by atoms with E-state index >= 15 is 0 Å². The van der Waals surface area contributed by atoms with Gasteiger partial charge in [0.05, 0.1) is 16.8 Å². The second kappa shape index (κ2) is 8.14. The Balaban J connectivity index is 1.55. The molecule has 0 radical (unpaired) electrons. The van der Waals surface area contributed by atoms with Crippen LogP contribution in [0.1, 0.15) is 49.1 Å². The minimum absolute atomic E-state index is 0.0451. The number of carbonyl (C=O) groups excluding carboxylic acids is 4. The fraction of sp³-hybridized carbons (Fsp3) is 0.0833. The van der Waals surface area contributed by atoms with Gasteiger partial charge in [0.2, 0.25) is 0 Å². The van der Waals surface area contributed by atoms with E-state index in [0.29, 0.717) is 6.07 Å². The molecule has 0 bridgehead atoms. The van der Waals surface area contributed by atoms with E-state index in [1.54, 1.807) is 18.2 Å². The van der Waals surface area contributed by atoms with Gasteiger partial charge < -0.3 is 10.1 Å². The first-order valence-electron chi connectivity index (χ1n) is 9.56. The van der Waals surface area contributed by atoms with E-state index in [2.05, 4.69) is 5.32 Å². The lowest BCUT2D eigenvalue weighted by atomic mass is 9.83. The third-order valence-electron chi connectivity index (χ3n) is 5.02. The van der Waals surface area contributed by atoms with Crippen LogP contribution in [0.25, 0.3) is 0 Å². The molecule has 0 fully saturated rings. The van der Waals surface area contributed by atoms with Gasteiger partial charge in [0, 0.05) is 16.7 Å². The first-order chi connectivity index (χ1) is 15.3. The molecule has 0 aromatic heterocycles. The Bertz CT molecular complexity index is 1300. The standard InChI is InChI=1S/C24H15F2NO5/c1-12(32-24(31)13-9-10-17(25)18(26)11-13)23(30)27-19-8-4-7-16-20(19)22(29)15-6-3-2-5-14(15)21(16)28/h2-12H,1H3,(H,27,30). The molecular formula is C24H15F2NO5. The van der Waals surface area contributed by atoms with Crippen LogP contribution < -0.4 is 5.32 Å². The van der Waals surface area contributed by atoms with Crippen LogP contribution in [0.2, 0.25) is 0 Å². The number of esters is 1. The number of benzene rings is 3. The smallest absolute Gasteiger partial charge is 0.339 e. The molecule has 0 heterocycles. The van der Waals surface area contributed by atoms with Crippen LogP contribution in [0.15, 0.2) is 60.7 Å². The van der Waals surface area contributed by atoms with Crippen LogP contribution in [0.5, 0.6) is 0 Å². The molecular weight excluding hydrogens is 420 g/mol. The van der Waals surface area contributed by atoms with Gasteiger partial charge in [0.15, 0.2) is 29.3 Å². The summed E-state index contributed by atoms with van der Waals surface area (Å²) < 4.78 is 31.4. The van der Waals surface area contributed by atoms with Crippen molar-refractivity contribution in [3.8, 4) is 0 Å². The highest BCUT2D eigenvalue weighted by atomic mass is 19.2. The van der Waals surface area contributed by atoms with Crippen molar-refractivity contribution in [2.45, 2.75) is 13.0 Å². The van der Waals surface area contributed by atoms with Crippen LogP contribution in [-0.4, -0.2) is 29.5 Å². The molecule has 1 N–H and O–H groups in total. The number of rotatable bonds is 4. The molecule has 3 aromatic carbocycles. The van der Waals surface area contributed by atoms with Crippen LogP contribution in [0.3, 0.4) is 0 Å². The molecule has 0 saturated heterocycles. The maximum atomic E-state index is 13.3. The Kier molecular flexibility index (Phi) is 5.36. The van der Waals surface area contributed by atoms with Gasteiger partial charge >= 0.3 is 5.97 Å². The number of hydrogen-bond acceptors (Lipinski definition) is 5. The molecule has 32 heavy (non-hydrogen) atoms. The molecule has 1 aliphatic rings. The van der Waals surface area contributed by atoms with Gasteiger partial charge in [-0.25, -0.2) is 13.6 Å². The van der Waals surface area contributed by atoms with Gasteiger partial charge in [-0.2, -0.15) is 0 Å². The van der Waals surface area contributed by atoms with Gasteiger partial charge in [-0.1, -0.05) is 36.4 Å². The average Bonchev–Trinajstić information content (AvgIpc) is 2.79. The molecule has 160 valence electrons. The van der Waals surface area contributed by atoms with E-state index in [-0.39, 0.29) is 39.3 Å². The summed E-state index contributed by atoms with van der Waals surface area (Å²) in [5, 5.41) is 2.51. The molecule has 1 unspecified atom stereocenters. The summed E-state index contributed by atoms with van der Waals surface area (Å²) in [4.78, 5) is 50.5. The molecule has 0 saturated carbocycles. The molecule has 0 spiro atoms. The van der Waals surface area contributed by atoms with Crippen LogP contribution in [0.4, 0.5) is 14.5 Å². The largest absolute Gasteiger partial charge is 0.449 e. The number of halogens is 2. The number of nitrogens with one attached hydrogen (secondary N) is 1. The fourth-order valence-corrected chi connectivity index (χ4v) is 3.39. The molecule has 1 aliphatic carbocycles. The Morgan fingerprint density at radius 2 is 1.50 bits per heavy atom. The first-order valence-corrected chi connectivity index (χ1v) is 9.56. The van der Waals surface area contributed by atoms with Crippen molar-refractivity contribution < 1.29 is 32.7 Å². The van der Waals surface area contributed by atoms with Gasteiger partial charge in [0.25, 0.3) is 5.91 Å². The number of ketones is 2. The van der Waals surface area contributed by atoms with Crippen molar-refractivity contribution >= 4 is 29.1 Å². The summed E-state index contributed by atoms with van der Waals surface area (Å²) in [6.45, 7) is 1.28. The van der Waals surface area contributed by atoms with Crippen molar-refractivity contribution in [2.24, 2.45) is 0 Å². The summed E-state index contributed by atoms with van der Waals surface area (Å²) in [5.74, 6) is -4.91. The van der Waals surface area contributed by atoms with E-state index in [1.165, 1.54) is 31.2 Å². The number of ether oxygens (including phenoxy) is 1. The Morgan fingerprint density at radius 1 is 0.844 bits per heavy atom. The lowest BCUT2D eigenvalue weighted by Gasteiger charge is -2.21. The molecule has 3 aromatic rings. The normalized spacial score (nSPS) is 13.1. The maximum absolute atomic E-state index is 13.3. The third kappa shape index (κ3) is 3.66. The number of anilines is 1. The van der Waals surface area contributed by atoms with Gasteiger partial charge in [-0.3, -0.25) is 14.4 Å². The quantitative estimate of drug-likeness (QED) is 0.491. The van der Waals surface area contributed by atoms with Crippen molar-refractivity contribution in [3.63, 3.8) is 0 Å². The minimum Gasteiger partial charge on any atom is -0.449 e. The number of hydrogen-bond donors (Lipinski definition) is 1. The zero-order chi connectivity index (χ0) is 23.0. The highest BCUT2D eigenvalue weighted by Crippen LogP contribution is 2.32. The van der Waals surface area contributed by atoms with E-state index in [0.717, 1.165) is 12.1 Å². The first kappa shape index (κ1) is 21.0. The zero-order valence-electron chi connectivity index (χ0n) is 16.6. The predicted octanol–water partition coefficient (Wildman–Crippen LogP) is 3.92. The summed E-state index contributed by atoms with van der Waals surface area (Å²) in [6, 6.07) is 13.3. The Morgan fingerprint density at radius 3 is 2.19 bits per heavy atom. The van der Waals surface area contributed by atoms with Crippen LogP contribution in [0, 0.1) is 11.6 Å². The second-order valence-electron chi connectivity index (χ2n) is 7.10. The molecule has 1 atom stereocenters. The summed E-state index contributed by atoms with van der Waals surface area (Å²) in [6.07, 6.45) is -1.33. The van der Waals surface area contributed by atoms with Gasteiger partial charge in [-0.15, -0.1) is 0 Å². The van der Waals surface area contributed by atoms with Crippen molar-refractivity contribution in [1.29, 1.82) is 0 Å². The molecule has 6 nitrogen and oxygen atoms in total. The topological polar surface area (TPSA) is 89.5 Å². The second-order valence-corrected chi connectivity index (χ2v) is 7.10. The lowest BCUT2D eigenvalue weighted by molar-refractivity contribution is -0.123. The van der Waals surface area contributed by atoms with E-state index in [9.17, 15) is 28.0 Å². The fourth-order valence-electron chi connectivity index (χ4n) is 3.39. The Hall–Kier alpha value is -4.20. The summed E-state index contributed by atoms with van der Waals surface area (Å²) >= 11 is 0. The number of fused-ring (bicyclic) bond motifs is 2. The molecule has 4 rings (SSSR count). The highest BCUT2D eigenvalue weighted by molar-refractivity contribution is 6.30. The summed E-state index contributed by atoms with van der Waals surface area (Å²) in [7, 11) is 0. The van der Waals surface area contributed by atoms with Gasteiger partial charge in [0.1, 0.15) is 0 Å². The van der Waals surface area contributed by atoms with Crippen LogP contribution >= 0.6 is 0 Å². The number of amides is 1. The van der Waals surface area contributed by atoms with Crippen molar-refractivity contribution in [1.82, 2.24) is 0 Å². The Labute approximate surface area is 180 Å². The van der Waals surface area contributed by atoms with Gasteiger partial charge in [-0.05, 0) is 31.2 Å². The average molecular weight is 435 g/mol. The molecule has 8 heteroatoms. The molecule has 1 amide bonds. The maximum Gasteiger partial charge on any atom is 0.339 e.